The summed E-state index contributed by atoms with van der Waals surface area (Å²) < 4.78 is 0. The van der Waals surface area contributed by atoms with Gasteiger partial charge in [0.15, 0.2) is 5.65 Å². The third-order valence-corrected chi connectivity index (χ3v) is 5.08. The van der Waals surface area contributed by atoms with Gasteiger partial charge >= 0.3 is 0 Å². The summed E-state index contributed by atoms with van der Waals surface area (Å²) in [6.45, 7) is 3.74. The Balaban J connectivity index is 1.31. The Morgan fingerprint density at radius 3 is 2.36 bits per heavy atom. The number of nitrogens with one attached hydrogen (secondary N) is 1. The van der Waals surface area contributed by atoms with Crippen LogP contribution in [0.3, 0.4) is 0 Å². The fourth-order valence-electron chi connectivity index (χ4n) is 3.55. The standard InChI is InChI=1S/C20H20N8/c21-16-5-6-24-20-18(16)25-19(26-20)14-1-3-15(4-2-14)27-9-11-28(12-10-27)17-13-22-7-8-23-17/h1-8,13H,9-12H2,(H3,21,24,25,26). The van der Waals surface area contributed by atoms with E-state index in [2.05, 4.69) is 59.0 Å². The Hall–Kier alpha value is -3.68. The van der Waals surface area contributed by atoms with Crippen LogP contribution in [0.4, 0.5) is 17.2 Å². The third-order valence-electron chi connectivity index (χ3n) is 5.08. The number of nitrogens with zero attached hydrogens (tertiary/aromatic N) is 6. The first-order valence-electron chi connectivity index (χ1n) is 9.24. The lowest BCUT2D eigenvalue weighted by molar-refractivity contribution is 0.646. The van der Waals surface area contributed by atoms with Gasteiger partial charge in [-0.15, -0.1) is 0 Å². The maximum Gasteiger partial charge on any atom is 0.180 e. The first-order valence-corrected chi connectivity index (χ1v) is 9.24. The number of pyridine rings is 1. The highest BCUT2D eigenvalue weighted by atomic mass is 15.3. The molecule has 8 heteroatoms. The van der Waals surface area contributed by atoms with Gasteiger partial charge < -0.3 is 20.5 Å². The van der Waals surface area contributed by atoms with Crippen molar-refractivity contribution in [3.63, 3.8) is 0 Å². The summed E-state index contributed by atoms with van der Waals surface area (Å²) in [5.74, 6) is 1.72. The summed E-state index contributed by atoms with van der Waals surface area (Å²) in [4.78, 5) is 25.3. The molecule has 140 valence electrons. The van der Waals surface area contributed by atoms with Crippen LogP contribution in [-0.4, -0.2) is 51.1 Å². The van der Waals surface area contributed by atoms with E-state index in [-0.39, 0.29) is 0 Å². The third kappa shape index (κ3) is 2.98. The Bertz CT molecular complexity index is 1080. The highest BCUT2D eigenvalue weighted by Gasteiger charge is 2.18. The van der Waals surface area contributed by atoms with Crippen LogP contribution in [0.5, 0.6) is 0 Å². The number of nitrogens with two attached hydrogens (primary N) is 1. The van der Waals surface area contributed by atoms with Crippen molar-refractivity contribution in [3.8, 4) is 11.4 Å². The first-order chi connectivity index (χ1) is 13.8. The summed E-state index contributed by atoms with van der Waals surface area (Å²) >= 11 is 0. The summed E-state index contributed by atoms with van der Waals surface area (Å²) in [7, 11) is 0. The lowest BCUT2D eigenvalue weighted by Crippen LogP contribution is -2.46. The minimum Gasteiger partial charge on any atom is -0.397 e. The van der Waals surface area contributed by atoms with Gasteiger partial charge in [0.1, 0.15) is 17.2 Å². The molecule has 0 bridgehead atoms. The van der Waals surface area contributed by atoms with Gasteiger partial charge in [-0.3, -0.25) is 4.98 Å². The second-order valence-corrected chi connectivity index (χ2v) is 6.77. The van der Waals surface area contributed by atoms with Crippen molar-refractivity contribution < 1.29 is 0 Å². The molecule has 4 heterocycles. The van der Waals surface area contributed by atoms with E-state index in [9.17, 15) is 0 Å². The van der Waals surface area contributed by atoms with Crippen LogP contribution < -0.4 is 15.5 Å². The molecule has 1 aliphatic rings. The molecule has 0 atom stereocenters. The predicted molar refractivity (Wildman–Crippen MR) is 110 cm³/mol. The van der Waals surface area contributed by atoms with Crippen LogP contribution in [0.25, 0.3) is 22.6 Å². The second kappa shape index (κ2) is 6.80. The van der Waals surface area contributed by atoms with Crippen molar-refractivity contribution in [2.24, 2.45) is 0 Å². The molecule has 1 fully saturated rings. The van der Waals surface area contributed by atoms with E-state index in [1.165, 1.54) is 5.69 Å². The lowest BCUT2D eigenvalue weighted by Gasteiger charge is -2.36. The molecule has 0 aliphatic carbocycles. The maximum atomic E-state index is 5.99. The number of hydrogen-bond acceptors (Lipinski definition) is 7. The highest BCUT2D eigenvalue weighted by molar-refractivity contribution is 5.86. The smallest absolute Gasteiger partial charge is 0.180 e. The summed E-state index contributed by atoms with van der Waals surface area (Å²) in [6, 6.07) is 10.2. The van der Waals surface area contributed by atoms with Gasteiger partial charge in [0, 0.05) is 56.0 Å². The van der Waals surface area contributed by atoms with Crippen LogP contribution in [0.15, 0.2) is 55.1 Å². The molecule has 28 heavy (non-hydrogen) atoms. The van der Waals surface area contributed by atoms with E-state index >= 15 is 0 Å². The number of aromatic nitrogens is 5. The molecular formula is C20H20N8. The van der Waals surface area contributed by atoms with Gasteiger partial charge in [-0.25, -0.2) is 15.0 Å². The zero-order chi connectivity index (χ0) is 18.9. The van der Waals surface area contributed by atoms with Crippen molar-refractivity contribution in [2.75, 3.05) is 41.7 Å². The molecule has 8 nitrogen and oxygen atoms in total. The molecule has 1 aliphatic heterocycles. The number of imidazole rings is 1. The summed E-state index contributed by atoms with van der Waals surface area (Å²) in [6.07, 6.45) is 6.93. The normalized spacial score (nSPS) is 14.6. The van der Waals surface area contributed by atoms with Crippen molar-refractivity contribution >= 4 is 28.4 Å². The molecule has 0 radical (unpaired) electrons. The fourth-order valence-corrected chi connectivity index (χ4v) is 3.55. The summed E-state index contributed by atoms with van der Waals surface area (Å²) in [5.41, 5.74) is 10.3. The molecule has 0 amide bonds. The highest BCUT2D eigenvalue weighted by Crippen LogP contribution is 2.25. The second-order valence-electron chi connectivity index (χ2n) is 6.77. The van der Waals surface area contributed by atoms with Gasteiger partial charge in [-0.1, -0.05) is 0 Å². The number of aromatic amines is 1. The van der Waals surface area contributed by atoms with Gasteiger partial charge in [-0.2, -0.15) is 0 Å². The number of rotatable bonds is 3. The zero-order valence-corrected chi connectivity index (χ0v) is 15.3. The maximum absolute atomic E-state index is 5.99. The lowest BCUT2D eigenvalue weighted by atomic mass is 10.1. The van der Waals surface area contributed by atoms with E-state index in [0.29, 0.717) is 11.3 Å². The van der Waals surface area contributed by atoms with Crippen LogP contribution >= 0.6 is 0 Å². The van der Waals surface area contributed by atoms with Crippen molar-refractivity contribution in [3.05, 3.63) is 55.1 Å². The van der Waals surface area contributed by atoms with Gasteiger partial charge in [0.2, 0.25) is 0 Å². The Morgan fingerprint density at radius 2 is 1.64 bits per heavy atom. The zero-order valence-electron chi connectivity index (χ0n) is 15.3. The molecule has 1 saturated heterocycles. The van der Waals surface area contributed by atoms with Crippen LogP contribution in [0.2, 0.25) is 0 Å². The first kappa shape index (κ1) is 16.5. The van der Waals surface area contributed by atoms with Gasteiger partial charge in [-0.05, 0) is 30.3 Å². The fraction of sp³-hybridized carbons (Fsp3) is 0.200. The van der Waals surface area contributed by atoms with Crippen LogP contribution in [0.1, 0.15) is 0 Å². The average Bonchev–Trinajstić information content (AvgIpc) is 3.21. The average molecular weight is 372 g/mol. The van der Waals surface area contributed by atoms with E-state index in [1.807, 2.05) is 6.20 Å². The number of benzene rings is 1. The minimum atomic E-state index is 0.638. The Labute approximate surface area is 162 Å². The molecule has 1 aromatic carbocycles. The van der Waals surface area contributed by atoms with E-state index < -0.39 is 0 Å². The topological polar surface area (TPSA) is 99.8 Å². The molecule has 0 spiro atoms. The number of piperazine rings is 1. The van der Waals surface area contributed by atoms with Crippen LogP contribution in [0, 0.1) is 0 Å². The number of fused-ring (bicyclic) bond motifs is 1. The number of anilines is 3. The summed E-state index contributed by atoms with van der Waals surface area (Å²) in [5, 5.41) is 0. The molecule has 3 N–H and O–H groups in total. The molecule has 0 saturated carbocycles. The molecule has 4 aromatic rings. The number of hydrogen-bond donors (Lipinski definition) is 2. The Morgan fingerprint density at radius 1 is 0.857 bits per heavy atom. The SMILES string of the molecule is Nc1ccnc2nc(-c3ccc(N4CCN(c5cnccn5)CC4)cc3)[nH]c12. The number of nitrogen functional groups attached to an aromatic ring is 1. The van der Waals surface area contributed by atoms with E-state index in [1.54, 1.807) is 24.7 Å². The molecule has 0 unspecified atom stereocenters. The minimum absolute atomic E-state index is 0.638. The molecule has 3 aromatic heterocycles. The van der Waals surface area contributed by atoms with E-state index in [0.717, 1.165) is 48.9 Å². The largest absolute Gasteiger partial charge is 0.397 e. The van der Waals surface area contributed by atoms with Crippen molar-refractivity contribution in [1.82, 2.24) is 24.9 Å². The Kier molecular flexibility index (Phi) is 4.01. The number of H-pyrrole nitrogens is 1. The van der Waals surface area contributed by atoms with Crippen LogP contribution in [-0.2, 0) is 0 Å². The van der Waals surface area contributed by atoms with E-state index in [4.69, 9.17) is 5.73 Å². The quantitative estimate of drug-likeness (QED) is 0.569. The monoisotopic (exact) mass is 372 g/mol. The van der Waals surface area contributed by atoms with Crippen molar-refractivity contribution in [2.45, 2.75) is 0 Å². The van der Waals surface area contributed by atoms with Crippen molar-refractivity contribution in [1.29, 1.82) is 0 Å². The molecule has 5 rings (SSSR count). The predicted octanol–water partition coefficient (Wildman–Crippen LogP) is 2.32. The van der Waals surface area contributed by atoms with Gasteiger partial charge in [0.05, 0.1) is 11.9 Å². The van der Waals surface area contributed by atoms with Gasteiger partial charge in [0.25, 0.3) is 0 Å². The molecular weight excluding hydrogens is 352 g/mol.